The number of aromatic carboxylic acids is 1. The van der Waals surface area contributed by atoms with Crippen LogP contribution in [-0.2, 0) is 17.5 Å². The second-order valence-electron chi connectivity index (χ2n) is 3.63. The number of nitrogens with one attached hydrogen (secondary N) is 1. The third-order valence-corrected chi connectivity index (χ3v) is 2.87. The summed E-state index contributed by atoms with van der Waals surface area (Å²) in [6, 6.07) is 0. The lowest BCUT2D eigenvalue weighted by Gasteiger charge is -2.09. The summed E-state index contributed by atoms with van der Waals surface area (Å²) in [5.41, 5.74) is -2.85. The Labute approximate surface area is 118 Å². The van der Waals surface area contributed by atoms with Crippen molar-refractivity contribution < 1.29 is 27.9 Å². The standard InChI is InChI=1S/C9H6F3N5O3S/c10-9(11,12)6-5(7(19)20)15-16-17(6)3-4(18)14-8-13-1-2-21-8/h1-2H,3H2,(H,19,20)(H,13,14,18). The summed E-state index contributed by atoms with van der Waals surface area (Å²) in [7, 11) is 0. The van der Waals surface area contributed by atoms with Gasteiger partial charge in [0.25, 0.3) is 0 Å². The van der Waals surface area contributed by atoms with Crippen LogP contribution in [-0.4, -0.2) is 37.0 Å². The minimum absolute atomic E-state index is 0.187. The van der Waals surface area contributed by atoms with Gasteiger partial charge in [-0.15, -0.1) is 16.4 Å². The van der Waals surface area contributed by atoms with E-state index in [0.29, 0.717) is 0 Å². The molecule has 2 N–H and O–H groups in total. The zero-order valence-corrected chi connectivity index (χ0v) is 10.8. The molecule has 8 nitrogen and oxygen atoms in total. The number of carbonyl (C=O) groups is 2. The van der Waals surface area contributed by atoms with Gasteiger partial charge in [0.2, 0.25) is 11.6 Å². The summed E-state index contributed by atoms with van der Waals surface area (Å²) < 4.78 is 38.7. The van der Waals surface area contributed by atoms with Crippen molar-refractivity contribution in [3.05, 3.63) is 23.0 Å². The fraction of sp³-hybridized carbons (Fsp3) is 0.222. The molecule has 1 amide bonds. The van der Waals surface area contributed by atoms with Crippen molar-refractivity contribution in [2.75, 3.05) is 5.32 Å². The van der Waals surface area contributed by atoms with Gasteiger partial charge in [-0.3, -0.25) is 4.79 Å². The summed E-state index contributed by atoms with van der Waals surface area (Å²) in [6.45, 7) is -0.839. The minimum atomic E-state index is -5.00. The van der Waals surface area contributed by atoms with Crippen LogP contribution in [0.3, 0.4) is 0 Å². The summed E-state index contributed by atoms with van der Waals surface area (Å²) in [5.74, 6) is -2.72. The van der Waals surface area contributed by atoms with Gasteiger partial charge in [0.05, 0.1) is 0 Å². The van der Waals surface area contributed by atoms with E-state index in [0.717, 1.165) is 11.3 Å². The van der Waals surface area contributed by atoms with Gasteiger partial charge in [0.1, 0.15) is 6.54 Å². The largest absolute Gasteiger partial charge is 0.476 e. The molecule has 0 fully saturated rings. The third kappa shape index (κ3) is 3.34. The van der Waals surface area contributed by atoms with E-state index >= 15 is 0 Å². The highest BCUT2D eigenvalue weighted by Gasteiger charge is 2.41. The number of aromatic nitrogens is 4. The predicted molar refractivity (Wildman–Crippen MR) is 62.7 cm³/mol. The van der Waals surface area contributed by atoms with Gasteiger partial charge in [0, 0.05) is 11.6 Å². The van der Waals surface area contributed by atoms with Gasteiger partial charge < -0.3 is 10.4 Å². The first-order valence-electron chi connectivity index (χ1n) is 5.22. The Kier molecular flexibility index (Phi) is 3.88. The Hall–Kier alpha value is -2.50. The zero-order chi connectivity index (χ0) is 15.6. The molecule has 2 rings (SSSR count). The number of anilines is 1. The van der Waals surface area contributed by atoms with E-state index in [-0.39, 0.29) is 9.81 Å². The third-order valence-electron chi connectivity index (χ3n) is 2.18. The summed E-state index contributed by atoms with van der Waals surface area (Å²) >= 11 is 1.08. The Morgan fingerprint density at radius 3 is 2.67 bits per heavy atom. The molecule has 0 saturated carbocycles. The van der Waals surface area contributed by atoms with E-state index in [2.05, 4.69) is 20.6 Å². The lowest BCUT2D eigenvalue weighted by molar-refractivity contribution is -0.145. The van der Waals surface area contributed by atoms with Crippen LogP contribution in [0, 0.1) is 0 Å². The first-order chi connectivity index (χ1) is 9.79. The molecule has 0 radical (unpaired) electrons. The van der Waals surface area contributed by atoms with E-state index in [1.54, 1.807) is 5.38 Å². The molecule has 0 aliphatic carbocycles. The molecule has 0 aliphatic heterocycles. The maximum atomic E-state index is 12.8. The average molecular weight is 321 g/mol. The van der Waals surface area contributed by atoms with E-state index in [4.69, 9.17) is 5.11 Å². The molecule has 12 heteroatoms. The molecule has 0 atom stereocenters. The number of carboxylic acids is 1. The second kappa shape index (κ2) is 5.47. The van der Waals surface area contributed by atoms with Crippen molar-refractivity contribution in [1.29, 1.82) is 0 Å². The van der Waals surface area contributed by atoms with Crippen LogP contribution in [0.4, 0.5) is 18.3 Å². The quantitative estimate of drug-likeness (QED) is 0.872. The SMILES string of the molecule is O=C(Cn1nnc(C(=O)O)c1C(F)(F)F)Nc1nccs1. The van der Waals surface area contributed by atoms with Crippen LogP contribution in [0.2, 0.25) is 0 Å². The van der Waals surface area contributed by atoms with E-state index < -0.39 is 36.0 Å². The molecule has 2 heterocycles. The number of alkyl halides is 3. The monoisotopic (exact) mass is 321 g/mol. The smallest absolute Gasteiger partial charge is 0.435 e. The maximum Gasteiger partial charge on any atom is 0.435 e. The number of hydrogen-bond acceptors (Lipinski definition) is 6. The zero-order valence-electron chi connectivity index (χ0n) is 9.96. The molecule has 0 aliphatic rings. The van der Waals surface area contributed by atoms with Crippen LogP contribution >= 0.6 is 11.3 Å². The second-order valence-corrected chi connectivity index (χ2v) is 4.53. The lowest BCUT2D eigenvalue weighted by atomic mass is 10.3. The minimum Gasteiger partial charge on any atom is -0.476 e. The van der Waals surface area contributed by atoms with Gasteiger partial charge in [-0.25, -0.2) is 14.5 Å². The van der Waals surface area contributed by atoms with Crippen molar-refractivity contribution in [2.24, 2.45) is 0 Å². The maximum absolute atomic E-state index is 12.8. The fourth-order valence-corrected chi connectivity index (χ4v) is 1.97. The molecule has 112 valence electrons. The fourth-order valence-electron chi connectivity index (χ4n) is 1.43. The summed E-state index contributed by atoms with van der Waals surface area (Å²) in [4.78, 5) is 26.0. The molecule has 21 heavy (non-hydrogen) atoms. The predicted octanol–water partition coefficient (Wildman–Crippen LogP) is 1.09. The van der Waals surface area contributed by atoms with Crippen molar-refractivity contribution in [3.8, 4) is 0 Å². The lowest BCUT2D eigenvalue weighted by Crippen LogP contribution is -2.24. The normalized spacial score (nSPS) is 11.4. The van der Waals surface area contributed by atoms with Crippen LogP contribution in [0.25, 0.3) is 0 Å². The van der Waals surface area contributed by atoms with Gasteiger partial charge in [-0.2, -0.15) is 13.2 Å². The Balaban J connectivity index is 2.24. The molecular weight excluding hydrogens is 315 g/mol. The molecule has 2 aromatic heterocycles. The van der Waals surface area contributed by atoms with Crippen LogP contribution in [0.5, 0.6) is 0 Å². The van der Waals surface area contributed by atoms with Gasteiger partial charge in [-0.1, -0.05) is 5.21 Å². The highest BCUT2D eigenvalue weighted by atomic mass is 32.1. The molecule has 0 bridgehead atoms. The number of rotatable bonds is 4. The molecular formula is C9H6F3N5O3S. The topological polar surface area (TPSA) is 110 Å². The number of nitrogens with zero attached hydrogens (tertiary/aromatic N) is 4. The molecule has 0 spiro atoms. The number of carboxylic acid groups (broad SMARTS) is 1. The van der Waals surface area contributed by atoms with Crippen LogP contribution < -0.4 is 5.32 Å². The number of halogens is 3. The number of thiazole rings is 1. The Morgan fingerprint density at radius 2 is 2.14 bits per heavy atom. The van der Waals surface area contributed by atoms with E-state index in [9.17, 15) is 22.8 Å². The van der Waals surface area contributed by atoms with Crippen molar-refractivity contribution in [3.63, 3.8) is 0 Å². The van der Waals surface area contributed by atoms with E-state index in [1.807, 2.05) is 0 Å². The highest BCUT2D eigenvalue weighted by Crippen LogP contribution is 2.31. The molecule has 0 unspecified atom stereocenters. The number of amides is 1. The van der Waals surface area contributed by atoms with E-state index in [1.165, 1.54) is 6.20 Å². The van der Waals surface area contributed by atoms with Crippen LogP contribution in [0.1, 0.15) is 16.2 Å². The van der Waals surface area contributed by atoms with Crippen molar-refractivity contribution >= 4 is 28.3 Å². The summed E-state index contributed by atoms with van der Waals surface area (Å²) in [5, 5.41) is 18.7. The van der Waals surface area contributed by atoms with Crippen molar-refractivity contribution in [2.45, 2.75) is 12.7 Å². The molecule has 2 aromatic rings. The van der Waals surface area contributed by atoms with Gasteiger partial charge >= 0.3 is 12.1 Å². The first kappa shape index (κ1) is 14.9. The summed E-state index contributed by atoms with van der Waals surface area (Å²) in [6.07, 6.45) is -3.60. The Bertz CT molecular complexity index is 667. The van der Waals surface area contributed by atoms with Gasteiger partial charge in [-0.05, 0) is 0 Å². The highest BCUT2D eigenvalue weighted by molar-refractivity contribution is 7.13. The average Bonchev–Trinajstić information content (AvgIpc) is 2.96. The van der Waals surface area contributed by atoms with Gasteiger partial charge in [0.15, 0.2) is 10.8 Å². The number of hydrogen-bond donors (Lipinski definition) is 2. The van der Waals surface area contributed by atoms with Crippen LogP contribution in [0.15, 0.2) is 11.6 Å². The number of carbonyl (C=O) groups excluding carboxylic acids is 1. The molecule has 0 saturated heterocycles. The first-order valence-corrected chi connectivity index (χ1v) is 6.10. The Morgan fingerprint density at radius 1 is 1.43 bits per heavy atom. The molecule has 0 aromatic carbocycles. The van der Waals surface area contributed by atoms with Crippen molar-refractivity contribution in [1.82, 2.24) is 20.0 Å².